The van der Waals surface area contributed by atoms with E-state index in [-0.39, 0.29) is 29.6 Å². The minimum atomic E-state index is -0.528. The molecular weight excluding hydrogens is 390 g/mol. The van der Waals surface area contributed by atoms with Crippen LogP contribution in [0.5, 0.6) is 0 Å². The van der Waals surface area contributed by atoms with E-state index in [9.17, 15) is 14.9 Å². The van der Waals surface area contributed by atoms with Gasteiger partial charge in [-0.15, -0.1) is 0 Å². The molecule has 1 aliphatic rings. The lowest BCUT2D eigenvalue weighted by Crippen LogP contribution is -2.30. The second-order valence-electron chi connectivity index (χ2n) is 6.71. The largest absolute Gasteiger partial charge is 0.347 e. The summed E-state index contributed by atoms with van der Waals surface area (Å²) in [6.07, 6.45) is 3.03. The van der Waals surface area contributed by atoms with E-state index in [0.717, 1.165) is 5.56 Å². The molecule has 7 nitrogen and oxygen atoms in total. The second kappa shape index (κ2) is 8.84. The topological polar surface area (TPSA) is 107 Å². The van der Waals surface area contributed by atoms with Crippen molar-refractivity contribution in [1.29, 1.82) is 5.26 Å². The van der Waals surface area contributed by atoms with Gasteiger partial charge in [-0.3, -0.25) is 14.6 Å². The molecule has 4 rings (SSSR count). The minimum Gasteiger partial charge on any atom is -0.347 e. The van der Waals surface area contributed by atoms with Crippen LogP contribution in [0.3, 0.4) is 0 Å². The number of nitrogens with zero attached hydrogens (tertiary/aromatic N) is 3. The highest BCUT2D eigenvalue weighted by Gasteiger charge is 2.27. The van der Waals surface area contributed by atoms with E-state index in [1.807, 2.05) is 36.4 Å². The Bertz CT molecular complexity index is 1240. The minimum absolute atomic E-state index is 0.117. The van der Waals surface area contributed by atoms with Crippen LogP contribution in [-0.4, -0.2) is 22.6 Å². The summed E-state index contributed by atoms with van der Waals surface area (Å²) in [5.74, 6) is -0.627. The van der Waals surface area contributed by atoms with Crippen molar-refractivity contribution < 1.29 is 9.59 Å². The number of pyridine rings is 1. The zero-order valence-electron chi connectivity index (χ0n) is 16.4. The van der Waals surface area contributed by atoms with Gasteiger partial charge in [0.1, 0.15) is 17.5 Å². The van der Waals surface area contributed by atoms with Crippen molar-refractivity contribution >= 4 is 23.3 Å². The predicted octanol–water partition coefficient (Wildman–Crippen LogP) is 2.82. The maximum atomic E-state index is 12.7. The van der Waals surface area contributed by atoms with Gasteiger partial charge in [0.25, 0.3) is 11.8 Å². The van der Waals surface area contributed by atoms with E-state index >= 15 is 0 Å². The van der Waals surface area contributed by atoms with E-state index in [4.69, 9.17) is 0 Å². The molecule has 2 heterocycles. The fraction of sp³-hybridized carbons (Fsp3) is 0.0417. The summed E-state index contributed by atoms with van der Waals surface area (Å²) in [5.41, 5.74) is 2.65. The fourth-order valence-electron chi connectivity index (χ4n) is 3.17. The molecule has 0 saturated carbocycles. The number of nitriles is 1. The van der Waals surface area contributed by atoms with Gasteiger partial charge in [0.2, 0.25) is 0 Å². The van der Waals surface area contributed by atoms with Crippen molar-refractivity contribution in [2.75, 3.05) is 0 Å². The number of hydrogen-bond donors (Lipinski definition) is 2. The number of nitrogens with one attached hydrogen (secondary N) is 2. The molecule has 0 atom stereocenters. The molecule has 0 saturated heterocycles. The van der Waals surface area contributed by atoms with Crippen LogP contribution in [0.4, 0.5) is 0 Å². The number of fused-ring (bicyclic) bond motifs is 1. The third-order valence-corrected chi connectivity index (χ3v) is 4.69. The Labute approximate surface area is 178 Å². The van der Waals surface area contributed by atoms with Gasteiger partial charge in [0, 0.05) is 30.1 Å². The molecule has 2 aromatic carbocycles. The molecule has 2 amide bonds. The molecule has 0 bridgehead atoms. The number of amidine groups is 1. The van der Waals surface area contributed by atoms with Crippen LogP contribution >= 0.6 is 0 Å². The van der Waals surface area contributed by atoms with Gasteiger partial charge in [-0.2, -0.15) is 5.26 Å². The Balaban J connectivity index is 1.64. The number of aliphatic imine (C=N–C) groups is 1. The standard InChI is InChI=1S/C24H17N5O2/c25-13-20(24(31)27-14-16-7-2-1-3-8-16)21-18-10-4-5-11-19(18)22(28-21)29-23(30)17-9-6-12-26-15-17/h1-12,15H,14H2,(H,27,31)(H,28,29,30)/b21-20-. The zero-order chi connectivity index (χ0) is 21.6. The number of aromatic nitrogens is 1. The summed E-state index contributed by atoms with van der Waals surface area (Å²) >= 11 is 0. The van der Waals surface area contributed by atoms with Crippen LogP contribution in [0.15, 0.2) is 89.7 Å². The summed E-state index contributed by atoms with van der Waals surface area (Å²) < 4.78 is 0. The normalized spacial score (nSPS) is 13.5. The van der Waals surface area contributed by atoms with Crippen molar-refractivity contribution in [1.82, 2.24) is 15.6 Å². The van der Waals surface area contributed by atoms with Crippen LogP contribution < -0.4 is 10.6 Å². The summed E-state index contributed by atoms with van der Waals surface area (Å²) in [7, 11) is 0. The molecule has 150 valence electrons. The van der Waals surface area contributed by atoms with Crippen molar-refractivity contribution in [2.24, 2.45) is 4.99 Å². The Morgan fingerprint density at radius 3 is 2.39 bits per heavy atom. The summed E-state index contributed by atoms with van der Waals surface area (Å²) in [4.78, 5) is 33.7. The summed E-state index contributed by atoms with van der Waals surface area (Å²) in [5, 5.41) is 15.2. The molecule has 3 aromatic rings. The molecule has 0 radical (unpaired) electrons. The lowest BCUT2D eigenvalue weighted by Gasteiger charge is -2.06. The average molecular weight is 407 g/mol. The number of benzene rings is 2. The Hall–Kier alpha value is -4.57. The Kier molecular flexibility index (Phi) is 5.63. The first-order valence-corrected chi connectivity index (χ1v) is 9.53. The third kappa shape index (κ3) is 4.23. The number of hydrogen-bond acceptors (Lipinski definition) is 5. The Morgan fingerprint density at radius 2 is 1.68 bits per heavy atom. The first-order chi connectivity index (χ1) is 15.2. The number of carbonyl (C=O) groups is 2. The zero-order valence-corrected chi connectivity index (χ0v) is 16.4. The maximum absolute atomic E-state index is 12.7. The van der Waals surface area contributed by atoms with Gasteiger partial charge in [-0.1, -0.05) is 54.6 Å². The molecule has 1 aromatic heterocycles. The molecule has 1 aliphatic heterocycles. The van der Waals surface area contributed by atoms with E-state index in [2.05, 4.69) is 20.6 Å². The highest BCUT2D eigenvalue weighted by molar-refractivity contribution is 6.20. The SMILES string of the molecule is N#C/C(C(=O)NCc1ccccc1)=C1/N=C(NC(=O)c2cccnc2)c2ccccc21. The molecule has 7 heteroatoms. The molecule has 0 spiro atoms. The number of amides is 2. The third-order valence-electron chi connectivity index (χ3n) is 4.69. The monoisotopic (exact) mass is 407 g/mol. The molecule has 0 aliphatic carbocycles. The molecule has 0 fully saturated rings. The molecule has 31 heavy (non-hydrogen) atoms. The van der Waals surface area contributed by atoms with Gasteiger partial charge >= 0.3 is 0 Å². The first kappa shape index (κ1) is 19.7. The highest BCUT2D eigenvalue weighted by atomic mass is 16.2. The van der Waals surface area contributed by atoms with E-state index in [1.165, 1.54) is 6.20 Å². The van der Waals surface area contributed by atoms with Crippen LogP contribution in [0.25, 0.3) is 5.70 Å². The molecular formula is C24H17N5O2. The van der Waals surface area contributed by atoms with Gasteiger partial charge < -0.3 is 10.6 Å². The lowest BCUT2D eigenvalue weighted by molar-refractivity contribution is -0.117. The van der Waals surface area contributed by atoms with Crippen LogP contribution in [-0.2, 0) is 11.3 Å². The van der Waals surface area contributed by atoms with Crippen molar-refractivity contribution in [3.05, 3.63) is 107 Å². The second-order valence-corrected chi connectivity index (χ2v) is 6.71. The molecule has 2 N–H and O–H groups in total. The smallest absolute Gasteiger partial charge is 0.264 e. The number of carbonyl (C=O) groups excluding carboxylic acids is 2. The van der Waals surface area contributed by atoms with Crippen molar-refractivity contribution in [3.8, 4) is 6.07 Å². The Morgan fingerprint density at radius 1 is 0.935 bits per heavy atom. The highest BCUT2D eigenvalue weighted by Crippen LogP contribution is 2.30. The van der Waals surface area contributed by atoms with E-state index in [1.54, 1.807) is 42.6 Å². The van der Waals surface area contributed by atoms with Crippen LogP contribution in [0.1, 0.15) is 27.0 Å². The van der Waals surface area contributed by atoms with Crippen molar-refractivity contribution in [2.45, 2.75) is 6.54 Å². The van der Waals surface area contributed by atoms with E-state index in [0.29, 0.717) is 16.7 Å². The lowest BCUT2D eigenvalue weighted by atomic mass is 10.0. The first-order valence-electron chi connectivity index (χ1n) is 9.53. The van der Waals surface area contributed by atoms with Gasteiger partial charge in [-0.05, 0) is 17.7 Å². The van der Waals surface area contributed by atoms with E-state index < -0.39 is 5.91 Å². The number of rotatable bonds is 4. The van der Waals surface area contributed by atoms with Gasteiger partial charge in [0.05, 0.1) is 11.3 Å². The molecule has 0 unspecified atom stereocenters. The van der Waals surface area contributed by atoms with Gasteiger partial charge in [-0.25, -0.2) is 4.99 Å². The summed E-state index contributed by atoms with van der Waals surface area (Å²) in [6.45, 7) is 0.286. The quantitative estimate of drug-likeness (QED) is 0.512. The maximum Gasteiger partial charge on any atom is 0.264 e. The van der Waals surface area contributed by atoms with Crippen LogP contribution in [0, 0.1) is 11.3 Å². The van der Waals surface area contributed by atoms with Crippen LogP contribution in [0.2, 0.25) is 0 Å². The summed E-state index contributed by atoms with van der Waals surface area (Å²) in [6, 6.07) is 21.8. The fourth-order valence-corrected chi connectivity index (χ4v) is 3.17. The average Bonchev–Trinajstić information content (AvgIpc) is 3.17. The predicted molar refractivity (Wildman–Crippen MR) is 116 cm³/mol. The van der Waals surface area contributed by atoms with Crippen molar-refractivity contribution in [3.63, 3.8) is 0 Å². The van der Waals surface area contributed by atoms with Gasteiger partial charge in [0.15, 0.2) is 0 Å².